The van der Waals surface area contributed by atoms with E-state index in [1.54, 1.807) is 29.2 Å². The molecule has 0 radical (unpaired) electrons. The van der Waals surface area contributed by atoms with E-state index in [9.17, 15) is 13.2 Å². The van der Waals surface area contributed by atoms with Crippen molar-refractivity contribution in [3.63, 3.8) is 0 Å². The molecule has 1 fully saturated rings. The van der Waals surface area contributed by atoms with Gasteiger partial charge in [0.25, 0.3) is 15.9 Å². The summed E-state index contributed by atoms with van der Waals surface area (Å²) >= 11 is 3.27. The van der Waals surface area contributed by atoms with Gasteiger partial charge in [-0.25, -0.2) is 4.98 Å². The minimum absolute atomic E-state index is 0.109. The SMILES string of the molecule is O=C(c1ccc(I)cc1NS(=O)(=O)c1nccc2sncc12)N1CCOCC1. The molecular formula is C17H15IN4O4S2. The Labute approximate surface area is 179 Å². The maximum absolute atomic E-state index is 13.0. The molecule has 11 heteroatoms. The summed E-state index contributed by atoms with van der Waals surface area (Å²) in [5.41, 5.74) is 0.520. The smallest absolute Gasteiger partial charge is 0.280 e. The fraction of sp³-hybridized carbons (Fsp3) is 0.235. The number of pyridine rings is 1. The van der Waals surface area contributed by atoms with Crippen molar-refractivity contribution in [1.29, 1.82) is 0 Å². The van der Waals surface area contributed by atoms with Crippen LogP contribution in [0.4, 0.5) is 5.69 Å². The number of halogens is 1. The Kier molecular flexibility index (Phi) is 5.49. The molecule has 0 saturated carbocycles. The number of morpholine rings is 1. The standard InChI is InChI=1S/C17H15IN4O4S2/c18-11-1-2-12(17(23)22-5-7-26-8-6-22)14(9-11)21-28(24,25)16-13-10-20-27-15(13)3-4-19-16/h1-4,9-10,21H,5-8H2. The number of hydrogen-bond acceptors (Lipinski definition) is 7. The maximum atomic E-state index is 13.0. The zero-order valence-corrected chi connectivity index (χ0v) is 18.3. The first-order chi connectivity index (χ1) is 13.5. The van der Waals surface area contributed by atoms with Crippen molar-refractivity contribution >= 4 is 65.8 Å². The first-order valence-corrected chi connectivity index (χ1v) is 11.7. The Morgan fingerprint density at radius 1 is 1.25 bits per heavy atom. The number of sulfonamides is 1. The van der Waals surface area contributed by atoms with Crippen molar-refractivity contribution in [2.75, 3.05) is 31.0 Å². The van der Waals surface area contributed by atoms with Crippen LogP contribution < -0.4 is 4.72 Å². The van der Waals surface area contributed by atoms with Gasteiger partial charge in [0.2, 0.25) is 0 Å². The van der Waals surface area contributed by atoms with Gasteiger partial charge in [-0.05, 0) is 58.4 Å². The van der Waals surface area contributed by atoms with Gasteiger partial charge >= 0.3 is 0 Å². The molecule has 1 aliphatic rings. The molecule has 8 nitrogen and oxygen atoms in total. The van der Waals surface area contributed by atoms with E-state index in [2.05, 4.69) is 36.7 Å². The number of carbonyl (C=O) groups is 1. The summed E-state index contributed by atoms with van der Waals surface area (Å²) < 4.78 is 39.5. The molecule has 0 atom stereocenters. The van der Waals surface area contributed by atoms with E-state index in [4.69, 9.17) is 4.74 Å². The second kappa shape index (κ2) is 7.89. The third-order valence-corrected chi connectivity index (χ3v) is 7.01. The third kappa shape index (κ3) is 3.83. The zero-order valence-electron chi connectivity index (χ0n) is 14.5. The van der Waals surface area contributed by atoms with Gasteiger partial charge in [-0.15, -0.1) is 0 Å². The summed E-state index contributed by atoms with van der Waals surface area (Å²) in [7, 11) is -4.01. The highest BCUT2D eigenvalue weighted by molar-refractivity contribution is 14.1. The van der Waals surface area contributed by atoms with Crippen molar-refractivity contribution in [2.45, 2.75) is 5.03 Å². The largest absolute Gasteiger partial charge is 0.378 e. The first-order valence-electron chi connectivity index (χ1n) is 8.34. The van der Waals surface area contributed by atoms with Gasteiger partial charge < -0.3 is 9.64 Å². The van der Waals surface area contributed by atoms with E-state index < -0.39 is 10.0 Å². The molecule has 0 bridgehead atoms. The highest BCUT2D eigenvalue weighted by Gasteiger charge is 2.26. The van der Waals surface area contributed by atoms with Crippen molar-refractivity contribution in [1.82, 2.24) is 14.3 Å². The van der Waals surface area contributed by atoms with Crippen molar-refractivity contribution < 1.29 is 17.9 Å². The average Bonchev–Trinajstić information content (AvgIpc) is 3.16. The highest BCUT2D eigenvalue weighted by atomic mass is 127. The van der Waals surface area contributed by atoms with Crippen molar-refractivity contribution in [3.05, 3.63) is 45.8 Å². The van der Waals surface area contributed by atoms with Gasteiger partial charge in [0.15, 0.2) is 5.03 Å². The van der Waals surface area contributed by atoms with Crippen LogP contribution in [0.25, 0.3) is 10.1 Å². The van der Waals surface area contributed by atoms with Crippen LogP contribution in [0, 0.1) is 3.57 Å². The number of amides is 1. The Morgan fingerprint density at radius 3 is 2.82 bits per heavy atom. The predicted octanol–water partition coefficient (Wildman–Crippen LogP) is 2.57. The predicted molar refractivity (Wildman–Crippen MR) is 114 cm³/mol. The molecule has 146 valence electrons. The van der Waals surface area contributed by atoms with E-state index in [1.165, 1.54) is 23.9 Å². The topological polar surface area (TPSA) is 101 Å². The number of benzene rings is 1. The van der Waals surface area contributed by atoms with Crippen molar-refractivity contribution in [2.24, 2.45) is 0 Å². The Morgan fingerprint density at radius 2 is 2.04 bits per heavy atom. The Balaban J connectivity index is 1.72. The maximum Gasteiger partial charge on any atom is 0.280 e. The van der Waals surface area contributed by atoms with Crippen LogP contribution in [-0.2, 0) is 14.8 Å². The summed E-state index contributed by atoms with van der Waals surface area (Å²) in [5, 5.41) is 0.342. The van der Waals surface area contributed by atoms with Crippen LogP contribution in [0.1, 0.15) is 10.4 Å². The summed E-state index contributed by atoms with van der Waals surface area (Å²) in [5.74, 6) is -0.235. The van der Waals surface area contributed by atoms with Gasteiger partial charge in [-0.3, -0.25) is 9.52 Å². The summed E-state index contributed by atoms with van der Waals surface area (Å²) in [6.45, 7) is 1.87. The second-order valence-electron chi connectivity index (χ2n) is 6.05. The molecule has 3 heterocycles. The van der Waals surface area contributed by atoms with Gasteiger partial charge in [0, 0.05) is 22.9 Å². The lowest BCUT2D eigenvalue weighted by molar-refractivity contribution is 0.0303. The third-order valence-electron chi connectivity index (χ3n) is 4.26. The van der Waals surface area contributed by atoms with Crippen LogP contribution in [0.3, 0.4) is 0 Å². The summed E-state index contributed by atoms with van der Waals surface area (Å²) in [6.07, 6.45) is 2.92. The van der Waals surface area contributed by atoms with E-state index in [-0.39, 0.29) is 16.6 Å². The second-order valence-corrected chi connectivity index (χ2v) is 9.73. The Hall–Kier alpha value is -1.83. The Bertz CT molecular complexity index is 1140. The van der Waals surface area contributed by atoms with Crippen molar-refractivity contribution in [3.8, 4) is 0 Å². The number of rotatable bonds is 4. The number of fused-ring (bicyclic) bond motifs is 1. The summed E-state index contributed by atoms with van der Waals surface area (Å²) in [4.78, 5) is 18.6. The van der Waals surface area contributed by atoms with Gasteiger partial charge in [0.05, 0.1) is 40.7 Å². The quantitative estimate of drug-likeness (QED) is 0.521. The minimum atomic E-state index is -4.01. The number of aromatic nitrogens is 2. The molecule has 1 aromatic carbocycles. The van der Waals surface area contributed by atoms with E-state index in [0.717, 1.165) is 8.27 Å². The summed E-state index contributed by atoms with van der Waals surface area (Å²) in [6, 6.07) is 6.76. The number of ether oxygens (including phenoxy) is 1. The lowest BCUT2D eigenvalue weighted by Crippen LogP contribution is -2.41. The number of hydrogen-bond donors (Lipinski definition) is 1. The molecule has 1 aliphatic heterocycles. The van der Waals surface area contributed by atoms with Crippen LogP contribution in [0.15, 0.2) is 41.7 Å². The number of nitrogens with one attached hydrogen (secondary N) is 1. The molecule has 0 aliphatic carbocycles. The number of carbonyl (C=O) groups excluding carboxylic acids is 1. The van der Waals surface area contributed by atoms with E-state index in [1.807, 2.05) is 0 Å². The highest BCUT2D eigenvalue weighted by Crippen LogP contribution is 2.28. The minimum Gasteiger partial charge on any atom is -0.378 e. The van der Waals surface area contributed by atoms with E-state index >= 15 is 0 Å². The molecule has 1 saturated heterocycles. The first kappa shape index (κ1) is 19.5. The number of nitrogens with zero attached hydrogens (tertiary/aromatic N) is 3. The normalized spacial score (nSPS) is 15.0. The molecule has 4 rings (SSSR count). The van der Waals surface area contributed by atoms with Crippen LogP contribution in [0.5, 0.6) is 0 Å². The molecule has 0 unspecified atom stereocenters. The van der Waals surface area contributed by atoms with Crippen LogP contribution in [-0.4, -0.2) is 54.9 Å². The number of anilines is 1. The van der Waals surface area contributed by atoms with Gasteiger partial charge in [-0.1, -0.05) is 0 Å². The van der Waals surface area contributed by atoms with Crippen LogP contribution in [0.2, 0.25) is 0 Å². The molecule has 0 spiro atoms. The fourth-order valence-corrected chi connectivity index (χ4v) is 5.31. The molecular weight excluding hydrogens is 515 g/mol. The molecule has 1 amide bonds. The monoisotopic (exact) mass is 530 g/mol. The zero-order chi connectivity index (χ0) is 19.7. The fourth-order valence-electron chi connectivity index (χ4n) is 2.90. The lowest BCUT2D eigenvalue weighted by Gasteiger charge is -2.27. The molecule has 2 aromatic heterocycles. The van der Waals surface area contributed by atoms with Crippen LogP contribution >= 0.6 is 34.1 Å². The van der Waals surface area contributed by atoms with Gasteiger partial charge in [-0.2, -0.15) is 12.8 Å². The molecule has 3 aromatic rings. The van der Waals surface area contributed by atoms with E-state index in [0.29, 0.717) is 37.3 Å². The molecule has 28 heavy (non-hydrogen) atoms. The van der Waals surface area contributed by atoms with Gasteiger partial charge in [0.1, 0.15) is 0 Å². The molecule has 1 N–H and O–H groups in total. The average molecular weight is 530 g/mol. The lowest BCUT2D eigenvalue weighted by atomic mass is 10.1.